The average Bonchev–Trinajstić information content (AvgIpc) is 2.81. The lowest BCUT2D eigenvalue weighted by Gasteiger charge is -2.09. The molecule has 2 rings (SSSR count). The van der Waals surface area contributed by atoms with Crippen LogP contribution in [-0.4, -0.2) is 5.91 Å². The second-order valence-electron chi connectivity index (χ2n) is 4.69. The van der Waals surface area contributed by atoms with Crippen molar-refractivity contribution in [1.82, 2.24) is 5.43 Å². The summed E-state index contributed by atoms with van der Waals surface area (Å²) in [6, 6.07) is 7.66. The molecule has 0 spiro atoms. The Kier molecular flexibility index (Phi) is 4.10. The van der Waals surface area contributed by atoms with Gasteiger partial charge < -0.3 is 9.15 Å². The van der Waals surface area contributed by atoms with Crippen molar-refractivity contribution < 1.29 is 13.9 Å². The number of nitrogen functional groups attached to an aromatic ring is 1. The Labute approximate surface area is 117 Å². The van der Waals surface area contributed by atoms with Crippen LogP contribution in [0.3, 0.4) is 0 Å². The molecule has 1 aromatic carbocycles. The number of amides is 1. The maximum absolute atomic E-state index is 11.4. The number of hydrogen-bond acceptors (Lipinski definition) is 4. The SMILES string of the molecule is Cc1cc(COc2cccc(C)c2C)oc1C(=O)NN. The summed E-state index contributed by atoms with van der Waals surface area (Å²) >= 11 is 0. The first-order valence-corrected chi connectivity index (χ1v) is 6.32. The number of carbonyl (C=O) groups is 1. The summed E-state index contributed by atoms with van der Waals surface area (Å²) < 4.78 is 11.2. The van der Waals surface area contributed by atoms with Crippen LogP contribution in [0.2, 0.25) is 0 Å². The summed E-state index contributed by atoms with van der Waals surface area (Å²) in [5.74, 6) is 6.26. The number of aryl methyl sites for hydroxylation is 2. The summed E-state index contributed by atoms with van der Waals surface area (Å²) in [7, 11) is 0. The Balaban J connectivity index is 2.12. The molecule has 0 bridgehead atoms. The zero-order valence-electron chi connectivity index (χ0n) is 11.8. The fourth-order valence-electron chi connectivity index (χ4n) is 1.94. The second kappa shape index (κ2) is 5.79. The van der Waals surface area contributed by atoms with Gasteiger partial charge in [-0.25, -0.2) is 5.84 Å². The summed E-state index contributed by atoms with van der Waals surface area (Å²) in [5, 5.41) is 0. The third-order valence-corrected chi connectivity index (χ3v) is 3.23. The Morgan fingerprint density at radius 2 is 2.05 bits per heavy atom. The maximum Gasteiger partial charge on any atom is 0.301 e. The summed E-state index contributed by atoms with van der Waals surface area (Å²) in [5.41, 5.74) is 5.04. The van der Waals surface area contributed by atoms with Gasteiger partial charge in [-0.15, -0.1) is 0 Å². The highest BCUT2D eigenvalue weighted by Gasteiger charge is 2.15. The van der Waals surface area contributed by atoms with E-state index in [0.717, 1.165) is 16.9 Å². The van der Waals surface area contributed by atoms with Gasteiger partial charge >= 0.3 is 5.91 Å². The van der Waals surface area contributed by atoms with Gasteiger partial charge in [-0.3, -0.25) is 10.2 Å². The quantitative estimate of drug-likeness (QED) is 0.510. The van der Waals surface area contributed by atoms with Crippen molar-refractivity contribution in [2.45, 2.75) is 27.4 Å². The molecule has 1 amide bonds. The molecule has 20 heavy (non-hydrogen) atoms. The van der Waals surface area contributed by atoms with Crippen LogP contribution in [0.15, 0.2) is 28.7 Å². The Bertz CT molecular complexity index is 632. The Morgan fingerprint density at radius 3 is 2.75 bits per heavy atom. The van der Waals surface area contributed by atoms with E-state index in [1.807, 2.05) is 32.0 Å². The van der Waals surface area contributed by atoms with Gasteiger partial charge in [0.25, 0.3) is 0 Å². The molecule has 0 saturated heterocycles. The minimum absolute atomic E-state index is 0.215. The topological polar surface area (TPSA) is 77.5 Å². The highest BCUT2D eigenvalue weighted by Crippen LogP contribution is 2.23. The van der Waals surface area contributed by atoms with E-state index in [1.54, 1.807) is 13.0 Å². The summed E-state index contributed by atoms with van der Waals surface area (Å²) in [6.45, 7) is 6.09. The molecule has 0 aliphatic carbocycles. The molecule has 1 aromatic heterocycles. The highest BCUT2D eigenvalue weighted by molar-refractivity contribution is 5.92. The fourth-order valence-corrected chi connectivity index (χ4v) is 1.94. The van der Waals surface area contributed by atoms with E-state index in [9.17, 15) is 4.79 Å². The van der Waals surface area contributed by atoms with E-state index < -0.39 is 5.91 Å². The molecule has 5 nitrogen and oxygen atoms in total. The summed E-state index contributed by atoms with van der Waals surface area (Å²) in [6.07, 6.45) is 0. The van der Waals surface area contributed by atoms with Gasteiger partial charge in [0, 0.05) is 5.56 Å². The molecule has 0 atom stereocenters. The first-order chi connectivity index (χ1) is 9.52. The number of nitrogens with one attached hydrogen (secondary N) is 1. The van der Waals surface area contributed by atoms with Crippen molar-refractivity contribution in [2.75, 3.05) is 0 Å². The van der Waals surface area contributed by atoms with E-state index in [2.05, 4.69) is 5.43 Å². The van der Waals surface area contributed by atoms with Crippen LogP contribution in [0.4, 0.5) is 0 Å². The van der Waals surface area contributed by atoms with Gasteiger partial charge in [0.1, 0.15) is 18.1 Å². The van der Waals surface area contributed by atoms with Gasteiger partial charge in [0.15, 0.2) is 5.76 Å². The predicted molar refractivity (Wildman–Crippen MR) is 75.3 cm³/mol. The molecule has 106 valence electrons. The maximum atomic E-state index is 11.4. The van der Waals surface area contributed by atoms with E-state index >= 15 is 0 Å². The third kappa shape index (κ3) is 2.83. The Morgan fingerprint density at radius 1 is 1.30 bits per heavy atom. The standard InChI is InChI=1S/C15H18N2O3/c1-9-5-4-6-13(11(9)3)19-8-12-7-10(2)14(20-12)15(18)17-16/h4-7H,8,16H2,1-3H3,(H,17,18). The van der Waals surface area contributed by atoms with Gasteiger partial charge in [0.05, 0.1) is 0 Å². The number of hydrazine groups is 1. The van der Waals surface area contributed by atoms with Crippen LogP contribution in [-0.2, 0) is 6.61 Å². The Hall–Kier alpha value is -2.27. The third-order valence-electron chi connectivity index (χ3n) is 3.23. The van der Waals surface area contributed by atoms with Crippen LogP contribution < -0.4 is 16.0 Å². The summed E-state index contributed by atoms with van der Waals surface area (Å²) in [4.78, 5) is 11.4. The van der Waals surface area contributed by atoms with Gasteiger partial charge in [0.2, 0.25) is 0 Å². The monoisotopic (exact) mass is 274 g/mol. The smallest absolute Gasteiger partial charge is 0.301 e. The van der Waals surface area contributed by atoms with E-state index in [4.69, 9.17) is 15.0 Å². The molecule has 0 fully saturated rings. The molecule has 0 aliphatic rings. The van der Waals surface area contributed by atoms with Gasteiger partial charge in [-0.05, 0) is 44.0 Å². The van der Waals surface area contributed by atoms with Crippen molar-refractivity contribution in [3.8, 4) is 5.75 Å². The number of nitrogens with two attached hydrogens (primary N) is 1. The largest absolute Gasteiger partial charge is 0.485 e. The molecule has 3 N–H and O–H groups in total. The number of ether oxygens (including phenoxy) is 1. The molecular weight excluding hydrogens is 256 g/mol. The molecule has 0 radical (unpaired) electrons. The second-order valence-corrected chi connectivity index (χ2v) is 4.69. The molecular formula is C15H18N2O3. The van der Waals surface area contributed by atoms with E-state index in [0.29, 0.717) is 5.76 Å². The lowest BCUT2D eigenvalue weighted by molar-refractivity contribution is 0.0921. The van der Waals surface area contributed by atoms with Crippen molar-refractivity contribution in [3.05, 3.63) is 52.5 Å². The normalized spacial score (nSPS) is 10.4. The lowest BCUT2D eigenvalue weighted by Crippen LogP contribution is -2.30. The number of carbonyl (C=O) groups excluding carboxylic acids is 1. The number of rotatable bonds is 4. The number of furan rings is 1. The molecule has 0 aliphatic heterocycles. The van der Waals surface area contributed by atoms with E-state index in [1.165, 1.54) is 5.56 Å². The zero-order valence-corrected chi connectivity index (χ0v) is 11.8. The molecule has 1 heterocycles. The van der Waals surface area contributed by atoms with Crippen LogP contribution in [0, 0.1) is 20.8 Å². The first kappa shape index (κ1) is 14.1. The first-order valence-electron chi connectivity index (χ1n) is 6.32. The molecule has 0 saturated carbocycles. The highest BCUT2D eigenvalue weighted by atomic mass is 16.5. The van der Waals surface area contributed by atoms with Crippen LogP contribution >= 0.6 is 0 Å². The van der Waals surface area contributed by atoms with Crippen LogP contribution in [0.5, 0.6) is 5.75 Å². The van der Waals surface area contributed by atoms with Crippen molar-refractivity contribution in [1.29, 1.82) is 0 Å². The fraction of sp³-hybridized carbons (Fsp3) is 0.267. The van der Waals surface area contributed by atoms with Gasteiger partial charge in [-0.1, -0.05) is 12.1 Å². The zero-order chi connectivity index (χ0) is 14.7. The minimum atomic E-state index is -0.444. The average molecular weight is 274 g/mol. The van der Waals surface area contributed by atoms with Gasteiger partial charge in [-0.2, -0.15) is 0 Å². The van der Waals surface area contributed by atoms with Crippen molar-refractivity contribution >= 4 is 5.91 Å². The molecule has 0 unspecified atom stereocenters. The predicted octanol–water partition coefficient (Wildman–Crippen LogP) is 2.39. The minimum Gasteiger partial charge on any atom is -0.485 e. The number of benzene rings is 1. The van der Waals surface area contributed by atoms with Crippen molar-refractivity contribution in [2.24, 2.45) is 5.84 Å². The van der Waals surface area contributed by atoms with E-state index in [-0.39, 0.29) is 12.4 Å². The van der Waals surface area contributed by atoms with Crippen molar-refractivity contribution in [3.63, 3.8) is 0 Å². The number of hydrogen-bond donors (Lipinski definition) is 2. The lowest BCUT2D eigenvalue weighted by atomic mass is 10.1. The van der Waals surface area contributed by atoms with Crippen LogP contribution in [0.1, 0.15) is 33.0 Å². The molecule has 5 heteroatoms. The van der Waals surface area contributed by atoms with Crippen LogP contribution in [0.25, 0.3) is 0 Å². The molecule has 2 aromatic rings.